The summed E-state index contributed by atoms with van der Waals surface area (Å²) in [6.07, 6.45) is 1.40. The minimum Gasteiger partial charge on any atom is -0.486 e. The Morgan fingerprint density at radius 3 is 2.48 bits per heavy atom. The van der Waals surface area contributed by atoms with Crippen molar-refractivity contribution in [1.29, 1.82) is 0 Å². The Morgan fingerprint density at radius 1 is 0.903 bits per heavy atom. The van der Waals surface area contributed by atoms with Gasteiger partial charge in [0.1, 0.15) is 30.8 Å². The fourth-order valence-corrected chi connectivity index (χ4v) is 3.44. The van der Waals surface area contributed by atoms with Crippen LogP contribution in [0.5, 0.6) is 17.2 Å². The monoisotopic (exact) mass is 414 g/mol. The molecule has 1 aromatic heterocycles. The largest absolute Gasteiger partial charge is 0.486 e. The summed E-state index contributed by atoms with van der Waals surface area (Å²) in [4.78, 5) is 25.4. The molecule has 0 saturated heterocycles. The van der Waals surface area contributed by atoms with Gasteiger partial charge in [-0.2, -0.15) is 0 Å². The maximum Gasteiger partial charge on any atom is 0.343 e. The molecule has 0 aliphatic carbocycles. The van der Waals surface area contributed by atoms with Crippen molar-refractivity contribution in [2.45, 2.75) is 6.92 Å². The van der Waals surface area contributed by atoms with Gasteiger partial charge in [-0.25, -0.2) is 4.79 Å². The predicted octanol–water partition coefficient (Wildman–Crippen LogP) is 4.76. The summed E-state index contributed by atoms with van der Waals surface area (Å²) in [5.74, 6) is 1.07. The zero-order chi connectivity index (χ0) is 21.4. The van der Waals surface area contributed by atoms with Crippen LogP contribution in [0.3, 0.4) is 0 Å². The van der Waals surface area contributed by atoms with Crippen molar-refractivity contribution < 1.29 is 23.4 Å². The summed E-state index contributed by atoms with van der Waals surface area (Å²) in [6.45, 7) is 2.91. The molecule has 2 heterocycles. The van der Waals surface area contributed by atoms with Crippen LogP contribution >= 0.6 is 0 Å². The highest BCUT2D eigenvalue weighted by atomic mass is 16.6. The molecule has 4 aromatic rings. The zero-order valence-corrected chi connectivity index (χ0v) is 16.7. The van der Waals surface area contributed by atoms with Gasteiger partial charge in [0.25, 0.3) is 0 Å². The number of aryl methyl sites for hydroxylation is 1. The van der Waals surface area contributed by atoms with Crippen molar-refractivity contribution in [2.24, 2.45) is 0 Å². The number of esters is 1. The Morgan fingerprint density at radius 2 is 1.68 bits per heavy atom. The van der Waals surface area contributed by atoms with Crippen molar-refractivity contribution in [3.63, 3.8) is 0 Å². The van der Waals surface area contributed by atoms with Gasteiger partial charge in [0.15, 0.2) is 16.9 Å². The molecule has 1 aliphatic heterocycles. The second-order valence-corrected chi connectivity index (χ2v) is 7.25. The topological polar surface area (TPSA) is 75.0 Å². The third-order valence-electron chi connectivity index (χ3n) is 5.10. The van der Waals surface area contributed by atoms with Gasteiger partial charge in [0.2, 0.25) is 0 Å². The van der Waals surface area contributed by atoms with Crippen LogP contribution in [0, 0.1) is 6.92 Å². The molecule has 3 aromatic carbocycles. The first-order chi connectivity index (χ1) is 15.1. The first-order valence-corrected chi connectivity index (χ1v) is 9.83. The van der Waals surface area contributed by atoms with Crippen LogP contribution < -0.4 is 19.6 Å². The number of fused-ring (bicyclic) bond motifs is 2. The molecule has 0 atom stereocenters. The van der Waals surface area contributed by atoms with Gasteiger partial charge < -0.3 is 18.6 Å². The number of carbonyl (C=O) groups is 1. The number of carbonyl (C=O) groups excluding carboxylic acids is 1. The van der Waals surface area contributed by atoms with Crippen molar-refractivity contribution >= 4 is 16.9 Å². The molecule has 0 N–H and O–H groups in total. The van der Waals surface area contributed by atoms with Crippen LogP contribution in [-0.2, 0) is 0 Å². The Balaban J connectivity index is 1.45. The average Bonchev–Trinajstić information content (AvgIpc) is 2.79. The van der Waals surface area contributed by atoms with E-state index < -0.39 is 5.97 Å². The SMILES string of the molecule is Cc1ccc(C(=O)Oc2ccc3c(=O)c(-c4ccc5c(c4)OCCO5)coc3c2)cc1. The van der Waals surface area contributed by atoms with Gasteiger partial charge in [-0.1, -0.05) is 23.8 Å². The molecule has 0 spiro atoms. The van der Waals surface area contributed by atoms with E-state index in [2.05, 4.69) is 0 Å². The first kappa shape index (κ1) is 18.9. The van der Waals surface area contributed by atoms with E-state index in [4.69, 9.17) is 18.6 Å². The number of ether oxygens (including phenoxy) is 3. The van der Waals surface area contributed by atoms with E-state index in [9.17, 15) is 9.59 Å². The average molecular weight is 414 g/mol. The lowest BCUT2D eigenvalue weighted by Crippen LogP contribution is -2.15. The number of hydrogen-bond donors (Lipinski definition) is 0. The van der Waals surface area contributed by atoms with Crippen molar-refractivity contribution in [2.75, 3.05) is 13.2 Å². The zero-order valence-electron chi connectivity index (χ0n) is 16.7. The van der Waals surface area contributed by atoms with Gasteiger partial charge >= 0.3 is 5.97 Å². The summed E-state index contributed by atoms with van der Waals surface area (Å²) < 4.78 is 22.3. The second-order valence-electron chi connectivity index (χ2n) is 7.25. The van der Waals surface area contributed by atoms with Crippen LogP contribution in [-0.4, -0.2) is 19.2 Å². The van der Waals surface area contributed by atoms with E-state index in [0.717, 1.165) is 5.56 Å². The Hall–Kier alpha value is -4.06. The molecule has 6 nitrogen and oxygen atoms in total. The summed E-state index contributed by atoms with van der Waals surface area (Å²) in [5, 5.41) is 0.391. The number of benzene rings is 3. The lowest BCUT2D eigenvalue weighted by Gasteiger charge is -2.18. The smallest absolute Gasteiger partial charge is 0.343 e. The highest BCUT2D eigenvalue weighted by molar-refractivity contribution is 5.92. The van der Waals surface area contributed by atoms with Gasteiger partial charge in [0.05, 0.1) is 16.5 Å². The van der Waals surface area contributed by atoms with Gasteiger partial charge in [-0.15, -0.1) is 0 Å². The van der Waals surface area contributed by atoms with Gasteiger partial charge in [-0.05, 0) is 48.9 Å². The molecule has 0 radical (unpaired) electrons. The van der Waals surface area contributed by atoms with Crippen molar-refractivity contribution in [1.82, 2.24) is 0 Å². The fraction of sp³-hybridized carbons (Fsp3) is 0.120. The molecule has 5 rings (SSSR count). The normalized spacial score (nSPS) is 12.5. The van der Waals surface area contributed by atoms with Crippen LogP contribution in [0.15, 0.2) is 76.1 Å². The molecule has 0 unspecified atom stereocenters. The van der Waals surface area contributed by atoms with E-state index in [1.165, 1.54) is 12.3 Å². The minimum atomic E-state index is -0.477. The summed E-state index contributed by atoms with van der Waals surface area (Å²) in [7, 11) is 0. The molecule has 0 amide bonds. The third kappa shape index (κ3) is 3.64. The highest BCUT2D eigenvalue weighted by Gasteiger charge is 2.16. The number of rotatable bonds is 3. The standard InChI is InChI=1S/C25H18O6/c1-15-2-4-16(5-3-15)25(27)31-18-7-8-19-22(13-18)30-14-20(24(19)26)17-6-9-21-23(12-17)29-11-10-28-21/h2-9,12-14H,10-11H2,1H3. The van der Waals surface area contributed by atoms with Crippen LogP contribution in [0.1, 0.15) is 15.9 Å². The second kappa shape index (κ2) is 7.65. The Bertz CT molecular complexity index is 1350. The van der Waals surface area contributed by atoms with E-state index in [1.54, 1.807) is 42.5 Å². The van der Waals surface area contributed by atoms with Crippen LogP contribution in [0.25, 0.3) is 22.1 Å². The van der Waals surface area contributed by atoms with Crippen LogP contribution in [0.2, 0.25) is 0 Å². The third-order valence-corrected chi connectivity index (χ3v) is 5.10. The highest BCUT2D eigenvalue weighted by Crippen LogP contribution is 2.34. The molecule has 6 heteroatoms. The molecular formula is C25H18O6. The molecule has 0 bridgehead atoms. The Kier molecular flexibility index (Phi) is 4.67. The lowest BCUT2D eigenvalue weighted by molar-refractivity contribution is 0.0735. The molecule has 154 valence electrons. The minimum absolute atomic E-state index is 0.186. The predicted molar refractivity (Wildman–Crippen MR) is 115 cm³/mol. The Labute approximate surface area is 177 Å². The molecule has 31 heavy (non-hydrogen) atoms. The fourth-order valence-electron chi connectivity index (χ4n) is 3.44. The summed E-state index contributed by atoms with van der Waals surface area (Å²) >= 11 is 0. The van der Waals surface area contributed by atoms with Crippen molar-refractivity contribution in [3.05, 3.63) is 88.3 Å². The molecule has 0 saturated carbocycles. The summed E-state index contributed by atoms with van der Waals surface area (Å²) in [5.41, 5.74) is 2.73. The van der Waals surface area contributed by atoms with E-state index >= 15 is 0 Å². The molecular weight excluding hydrogens is 396 g/mol. The molecule has 1 aliphatic rings. The van der Waals surface area contributed by atoms with Gasteiger partial charge in [-0.3, -0.25) is 4.79 Å². The molecule has 0 fully saturated rings. The first-order valence-electron chi connectivity index (χ1n) is 9.83. The quantitative estimate of drug-likeness (QED) is 0.355. The maximum atomic E-state index is 13.0. The van der Waals surface area contributed by atoms with Gasteiger partial charge in [0, 0.05) is 6.07 Å². The van der Waals surface area contributed by atoms with Crippen molar-refractivity contribution in [3.8, 4) is 28.4 Å². The van der Waals surface area contributed by atoms with E-state index in [-0.39, 0.29) is 5.43 Å². The number of hydrogen-bond acceptors (Lipinski definition) is 6. The summed E-state index contributed by atoms with van der Waals surface area (Å²) in [6, 6.07) is 17.2. The van der Waals surface area contributed by atoms with E-state index in [0.29, 0.717) is 58.1 Å². The maximum absolute atomic E-state index is 13.0. The van der Waals surface area contributed by atoms with E-state index in [1.807, 2.05) is 19.1 Å². The lowest BCUT2D eigenvalue weighted by atomic mass is 10.0. The van der Waals surface area contributed by atoms with Crippen LogP contribution in [0.4, 0.5) is 0 Å².